The number of halogens is 1. The maximum atomic E-state index is 13.3. The highest BCUT2D eigenvalue weighted by atomic mass is 32.2. The van der Waals surface area contributed by atoms with E-state index in [1.807, 2.05) is 0 Å². The number of ether oxygens (including phenoxy) is 1. The summed E-state index contributed by atoms with van der Waals surface area (Å²) in [5, 5.41) is 7.35. The van der Waals surface area contributed by atoms with E-state index in [-0.39, 0.29) is 11.7 Å². The molecule has 0 saturated heterocycles. The van der Waals surface area contributed by atoms with Gasteiger partial charge in [-0.05, 0) is 42.5 Å². The molecule has 1 N–H and O–H groups in total. The van der Waals surface area contributed by atoms with E-state index in [1.165, 1.54) is 19.2 Å². The molecule has 3 aromatic rings. The molecule has 1 aliphatic heterocycles. The molecule has 2 heterocycles. The molecule has 0 unspecified atom stereocenters. The van der Waals surface area contributed by atoms with Crippen LogP contribution in [0.3, 0.4) is 0 Å². The van der Waals surface area contributed by atoms with Gasteiger partial charge in [0.2, 0.25) is 0 Å². The van der Waals surface area contributed by atoms with Crippen LogP contribution in [-0.2, 0) is 22.3 Å². The molecule has 8 heteroatoms. The molecule has 0 fully saturated rings. The van der Waals surface area contributed by atoms with Crippen LogP contribution in [0.25, 0.3) is 5.69 Å². The first-order valence-corrected chi connectivity index (χ1v) is 9.71. The number of aromatic nitrogens is 2. The third-order valence-corrected chi connectivity index (χ3v) is 5.51. The summed E-state index contributed by atoms with van der Waals surface area (Å²) >= 11 is 0. The Labute approximate surface area is 157 Å². The predicted octanol–water partition coefficient (Wildman–Crippen LogP) is 3.03. The second-order valence-corrected chi connectivity index (χ2v) is 7.53. The molecular weight excluding hydrogens is 369 g/mol. The molecule has 0 saturated carbocycles. The quantitative estimate of drug-likeness (QED) is 0.749. The number of benzene rings is 2. The van der Waals surface area contributed by atoms with E-state index in [1.54, 1.807) is 41.1 Å². The molecule has 0 aliphatic carbocycles. The average Bonchev–Trinajstić information content (AvgIpc) is 3.19. The fourth-order valence-corrected chi connectivity index (χ4v) is 4.23. The molecule has 1 atom stereocenters. The minimum Gasteiger partial charge on any atom is -0.497 e. The smallest absolute Gasteiger partial charge is 0.256 e. The Hall–Kier alpha value is -3.00. The summed E-state index contributed by atoms with van der Waals surface area (Å²) in [6.07, 6.45) is 0. The van der Waals surface area contributed by atoms with Gasteiger partial charge in [0.15, 0.2) is 0 Å². The maximum absolute atomic E-state index is 13.3. The third kappa shape index (κ3) is 3.35. The highest BCUT2D eigenvalue weighted by Crippen LogP contribution is 2.31. The van der Waals surface area contributed by atoms with Crippen LogP contribution in [-0.4, -0.2) is 27.0 Å². The van der Waals surface area contributed by atoms with Gasteiger partial charge >= 0.3 is 0 Å². The van der Waals surface area contributed by atoms with Crippen molar-refractivity contribution in [3.8, 4) is 11.4 Å². The first-order valence-electron chi connectivity index (χ1n) is 8.22. The van der Waals surface area contributed by atoms with E-state index in [4.69, 9.17) is 4.74 Å². The number of methoxy groups -OCH3 is 1. The Morgan fingerprint density at radius 2 is 2.00 bits per heavy atom. The van der Waals surface area contributed by atoms with Gasteiger partial charge in [-0.3, -0.25) is 9.00 Å². The summed E-state index contributed by atoms with van der Waals surface area (Å²) in [5.41, 5.74) is 2.46. The van der Waals surface area contributed by atoms with Gasteiger partial charge in [-0.25, -0.2) is 9.07 Å². The Morgan fingerprint density at radius 3 is 2.74 bits per heavy atom. The van der Waals surface area contributed by atoms with Gasteiger partial charge in [0.1, 0.15) is 17.4 Å². The molecule has 1 amide bonds. The van der Waals surface area contributed by atoms with Crippen LogP contribution in [0.15, 0.2) is 48.5 Å². The summed E-state index contributed by atoms with van der Waals surface area (Å²) in [6, 6.07) is 12.6. The number of amides is 1. The van der Waals surface area contributed by atoms with Gasteiger partial charge in [-0.2, -0.15) is 5.10 Å². The lowest BCUT2D eigenvalue weighted by atomic mass is 10.2. The summed E-state index contributed by atoms with van der Waals surface area (Å²) in [4.78, 5) is 12.8. The standard InChI is InChI=1S/C19H16FN3O3S/c1-26-15-4-2-3-12(9-15)19(24)21-18-16-10-27(25)11-17(16)22-23(18)14-7-5-13(20)6-8-14/h2-9H,10-11H2,1H3,(H,21,24)/t27-/m1/s1. The molecule has 1 aromatic heterocycles. The van der Waals surface area contributed by atoms with Gasteiger partial charge in [0.05, 0.1) is 30.0 Å². The molecule has 27 heavy (non-hydrogen) atoms. The van der Waals surface area contributed by atoms with Gasteiger partial charge in [-0.15, -0.1) is 0 Å². The fraction of sp³-hybridized carbons (Fsp3) is 0.158. The number of hydrogen-bond donors (Lipinski definition) is 1. The zero-order valence-electron chi connectivity index (χ0n) is 14.4. The summed E-state index contributed by atoms with van der Waals surface area (Å²) in [5.74, 6) is 0.992. The average molecular weight is 385 g/mol. The van der Waals surface area contributed by atoms with Crippen molar-refractivity contribution in [2.24, 2.45) is 0 Å². The lowest BCUT2D eigenvalue weighted by molar-refractivity contribution is 0.102. The number of carbonyl (C=O) groups excluding carboxylic acids is 1. The van der Waals surface area contributed by atoms with Crippen molar-refractivity contribution in [3.63, 3.8) is 0 Å². The number of hydrogen-bond acceptors (Lipinski definition) is 4. The lowest BCUT2D eigenvalue weighted by Gasteiger charge is -2.11. The number of fused-ring (bicyclic) bond motifs is 1. The molecule has 4 rings (SSSR count). The number of rotatable bonds is 4. The molecule has 0 bridgehead atoms. The van der Waals surface area contributed by atoms with Crippen molar-refractivity contribution >= 4 is 22.5 Å². The second-order valence-electron chi connectivity index (χ2n) is 6.08. The van der Waals surface area contributed by atoms with Crippen molar-refractivity contribution in [2.75, 3.05) is 12.4 Å². The first kappa shape index (κ1) is 17.4. The molecule has 138 valence electrons. The molecule has 2 aromatic carbocycles. The SMILES string of the molecule is COc1cccc(C(=O)Nc2c3c(nn2-c2ccc(F)cc2)C[S@](=O)C3)c1. The van der Waals surface area contributed by atoms with Crippen molar-refractivity contribution in [1.82, 2.24) is 9.78 Å². The first-order chi connectivity index (χ1) is 13.0. The van der Waals surface area contributed by atoms with E-state index in [0.717, 1.165) is 5.56 Å². The van der Waals surface area contributed by atoms with Gasteiger partial charge in [0, 0.05) is 21.9 Å². The molecule has 1 aliphatic rings. The fourth-order valence-electron chi connectivity index (χ4n) is 2.97. The Bertz CT molecular complexity index is 1050. The van der Waals surface area contributed by atoms with Gasteiger partial charge < -0.3 is 10.1 Å². The van der Waals surface area contributed by atoms with Crippen molar-refractivity contribution in [2.45, 2.75) is 11.5 Å². The number of nitrogens with one attached hydrogen (secondary N) is 1. The Balaban J connectivity index is 1.73. The van der Waals surface area contributed by atoms with Crippen molar-refractivity contribution < 1.29 is 18.1 Å². The Kier molecular flexibility index (Phi) is 4.49. The second kappa shape index (κ2) is 6.96. The normalized spacial score (nSPS) is 15.4. The summed E-state index contributed by atoms with van der Waals surface area (Å²) < 4.78 is 31.9. The number of nitrogens with zero attached hydrogens (tertiary/aromatic N) is 2. The largest absolute Gasteiger partial charge is 0.497 e. The minimum atomic E-state index is -1.04. The third-order valence-electron chi connectivity index (χ3n) is 4.30. The van der Waals surface area contributed by atoms with Crippen LogP contribution in [0.4, 0.5) is 10.2 Å². The van der Waals surface area contributed by atoms with Gasteiger partial charge in [0.25, 0.3) is 5.91 Å². The molecule has 0 spiro atoms. The highest BCUT2D eigenvalue weighted by Gasteiger charge is 2.28. The maximum Gasteiger partial charge on any atom is 0.256 e. The Morgan fingerprint density at radius 1 is 1.22 bits per heavy atom. The van der Waals surface area contributed by atoms with E-state index in [9.17, 15) is 13.4 Å². The van der Waals surface area contributed by atoms with E-state index in [0.29, 0.717) is 40.0 Å². The number of carbonyl (C=O) groups is 1. The lowest BCUT2D eigenvalue weighted by Crippen LogP contribution is -2.16. The van der Waals surface area contributed by atoms with Crippen molar-refractivity contribution in [3.05, 3.63) is 71.2 Å². The van der Waals surface area contributed by atoms with Crippen LogP contribution in [0.1, 0.15) is 21.6 Å². The minimum absolute atomic E-state index is 0.324. The topological polar surface area (TPSA) is 73.2 Å². The van der Waals surface area contributed by atoms with E-state index >= 15 is 0 Å². The molecule has 6 nitrogen and oxygen atoms in total. The van der Waals surface area contributed by atoms with Crippen LogP contribution >= 0.6 is 0 Å². The summed E-state index contributed by atoms with van der Waals surface area (Å²) in [7, 11) is 0.492. The zero-order valence-corrected chi connectivity index (χ0v) is 15.3. The molecular formula is C19H16FN3O3S. The van der Waals surface area contributed by atoms with Gasteiger partial charge in [-0.1, -0.05) is 6.07 Å². The van der Waals surface area contributed by atoms with E-state index in [2.05, 4.69) is 10.4 Å². The van der Waals surface area contributed by atoms with Crippen LogP contribution in [0.2, 0.25) is 0 Å². The van der Waals surface area contributed by atoms with Crippen LogP contribution < -0.4 is 10.1 Å². The van der Waals surface area contributed by atoms with Crippen molar-refractivity contribution in [1.29, 1.82) is 0 Å². The van der Waals surface area contributed by atoms with E-state index < -0.39 is 10.8 Å². The monoisotopic (exact) mass is 385 g/mol. The molecule has 0 radical (unpaired) electrons. The summed E-state index contributed by atoms with van der Waals surface area (Å²) in [6.45, 7) is 0. The van der Waals surface area contributed by atoms with Crippen LogP contribution in [0.5, 0.6) is 5.75 Å². The predicted molar refractivity (Wildman–Crippen MR) is 100 cm³/mol. The highest BCUT2D eigenvalue weighted by molar-refractivity contribution is 7.83. The number of anilines is 1. The van der Waals surface area contributed by atoms with Crippen LogP contribution in [0, 0.1) is 5.82 Å². The zero-order chi connectivity index (χ0) is 19.0.